The topological polar surface area (TPSA) is 106 Å². The van der Waals surface area contributed by atoms with Gasteiger partial charge >= 0.3 is 5.97 Å². The number of alkyl halides is 1. The second-order valence-corrected chi connectivity index (χ2v) is 3.47. The van der Waals surface area contributed by atoms with Crippen molar-refractivity contribution in [2.75, 3.05) is 12.9 Å². The number of carbonyl (C=O) groups is 2. The maximum atomic E-state index is 10.4. The summed E-state index contributed by atoms with van der Waals surface area (Å²) in [5.41, 5.74) is 11.6. The number of halogens is 1. The molecular formula is C12H23ClN2O3. The predicted octanol–water partition coefficient (Wildman–Crippen LogP) is 1.66. The van der Waals surface area contributed by atoms with Gasteiger partial charge in [0.15, 0.2) is 0 Å². The number of primary amides is 1. The zero-order valence-electron chi connectivity index (χ0n) is 11.4. The lowest BCUT2D eigenvalue weighted by Crippen LogP contribution is -2.10. The van der Waals surface area contributed by atoms with Crippen LogP contribution >= 0.6 is 11.6 Å². The molecule has 0 fully saturated rings. The van der Waals surface area contributed by atoms with Gasteiger partial charge in [-0.15, -0.1) is 11.6 Å². The van der Waals surface area contributed by atoms with Crippen LogP contribution in [0.15, 0.2) is 23.3 Å². The Morgan fingerprint density at radius 1 is 1.22 bits per heavy atom. The van der Waals surface area contributed by atoms with Gasteiger partial charge in [0.1, 0.15) is 0 Å². The number of carbonyl (C=O) groups excluding carboxylic acids is 1. The fraction of sp³-hybridized carbons (Fsp3) is 0.500. The van der Waals surface area contributed by atoms with Crippen molar-refractivity contribution in [3.8, 4) is 0 Å². The fourth-order valence-electron chi connectivity index (χ4n) is 0.715. The summed E-state index contributed by atoms with van der Waals surface area (Å²) in [6.45, 7) is 8.80. The molecule has 0 saturated carbocycles. The average molecular weight is 279 g/mol. The molecule has 0 atom stereocenters. The average Bonchev–Trinajstić information content (AvgIpc) is 2.28. The van der Waals surface area contributed by atoms with Gasteiger partial charge < -0.3 is 16.6 Å². The van der Waals surface area contributed by atoms with Crippen molar-refractivity contribution in [2.45, 2.75) is 27.2 Å². The van der Waals surface area contributed by atoms with E-state index in [9.17, 15) is 9.59 Å². The number of aliphatic carboxylic acids is 1. The van der Waals surface area contributed by atoms with E-state index in [2.05, 4.69) is 18.2 Å². The third-order valence-corrected chi connectivity index (χ3v) is 1.68. The fourth-order valence-corrected chi connectivity index (χ4v) is 0.715. The summed E-state index contributed by atoms with van der Waals surface area (Å²) in [4.78, 5) is 20.2. The van der Waals surface area contributed by atoms with Crippen LogP contribution in [0.3, 0.4) is 0 Å². The minimum atomic E-state index is -0.856. The number of carboxylic acids is 1. The van der Waals surface area contributed by atoms with E-state index in [0.717, 1.165) is 5.57 Å². The predicted molar refractivity (Wildman–Crippen MR) is 75.5 cm³/mol. The van der Waals surface area contributed by atoms with E-state index in [0.29, 0.717) is 24.1 Å². The molecule has 0 aliphatic heterocycles. The van der Waals surface area contributed by atoms with Crippen molar-refractivity contribution in [3.05, 3.63) is 23.3 Å². The third-order valence-electron chi connectivity index (χ3n) is 1.68. The highest BCUT2D eigenvalue weighted by atomic mass is 35.5. The molecule has 0 aliphatic carbocycles. The van der Waals surface area contributed by atoms with E-state index in [4.69, 9.17) is 16.6 Å². The molecule has 18 heavy (non-hydrogen) atoms. The number of amides is 1. The van der Waals surface area contributed by atoms with Crippen molar-refractivity contribution in [3.63, 3.8) is 0 Å². The second-order valence-electron chi connectivity index (χ2n) is 3.47. The van der Waals surface area contributed by atoms with Crippen LogP contribution in [-0.2, 0) is 9.59 Å². The first kappa shape index (κ1) is 21.9. The molecule has 0 heterocycles. The largest absolute Gasteiger partial charge is 0.478 e. The van der Waals surface area contributed by atoms with Crippen LogP contribution in [-0.4, -0.2) is 29.9 Å². The first-order valence-corrected chi connectivity index (χ1v) is 5.92. The first-order chi connectivity index (χ1) is 8.23. The molecule has 0 aliphatic rings. The summed E-state index contributed by atoms with van der Waals surface area (Å²) in [6, 6.07) is 0. The SMILES string of the molecule is C=C(C)C(N)=O.CC(C)=C(CCN)C(=O)O.CCl. The second kappa shape index (κ2) is 13.7. The smallest absolute Gasteiger partial charge is 0.331 e. The molecule has 0 aromatic rings. The van der Waals surface area contributed by atoms with Crippen molar-refractivity contribution in [1.82, 2.24) is 0 Å². The highest BCUT2D eigenvalue weighted by Gasteiger charge is 2.06. The third kappa shape index (κ3) is 14.7. The lowest BCUT2D eigenvalue weighted by molar-refractivity contribution is -0.132. The van der Waals surface area contributed by atoms with Gasteiger partial charge in [-0.25, -0.2) is 4.79 Å². The molecular weight excluding hydrogens is 256 g/mol. The molecule has 5 nitrogen and oxygen atoms in total. The lowest BCUT2D eigenvalue weighted by Gasteiger charge is -2.00. The summed E-state index contributed by atoms with van der Waals surface area (Å²) in [5.74, 6) is -1.29. The number of nitrogens with two attached hydrogens (primary N) is 2. The van der Waals surface area contributed by atoms with Gasteiger partial charge in [-0.3, -0.25) is 4.79 Å². The monoisotopic (exact) mass is 278 g/mol. The summed E-state index contributed by atoms with van der Waals surface area (Å²) < 4.78 is 0. The lowest BCUT2D eigenvalue weighted by atomic mass is 10.1. The van der Waals surface area contributed by atoms with Gasteiger partial charge in [-0.1, -0.05) is 12.2 Å². The van der Waals surface area contributed by atoms with E-state index in [1.54, 1.807) is 20.8 Å². The van der Waals surface area contributed by atoms with E-state index < -0.39 is 11.9 Å². The summed E-state index contributed by atoms with van der Waals surface area (Å²) in [7, 11) is 0. The number of rotatable bonds is 4. The Morgan fingerprint density at radius 3 is 1.61 bits per heavy atom. The molecule has 5 N–H and O–H groups in total. The van der Waals surface area contributed by atoms with Crippen LogP contribution in [0.1, 0.15) is 27.2 Å². The highest BCUT2D eigenvalue weighted by Crippen LogP contribution is 2.06. The molecule has 0 saturated heterocycles. The highest BCUT2D eigenvalue weighted by molar-refractivity contribution is 6.15. The normalized spacial score (nSPS) is 7.89. The van der Waals surface area contributed by atoms with Crippen LogP contribution in [0.5, 0.6) is 0 Å². The summed E-state index contributed by atoms with van der Waals surface area (Å²) in [6.07, 6.45) is 1.93. The maximum absolute atomic E-state index is 10.4. The minimum Gasteiger partial charge on any atom is -0.478 e. The van der Waals surface area contributed by atoms with Crippen LogP contribution in [0.2, 0.25) is 0 Å². The Labute approximate surface area is 113 Å². The Bertz CT molecular complexity index is 296. The van der Waals surface area contributed by atoms with E-state index >= 15 is 0 Å². The molecule has 0 bridgehead atoms. The molecule has 0 unspecified atom stereocenters. The zero-order valence-corrected chi connectivity index (χ0v) is 12.2. The summed E-state index contributed by atoms with van der Waals surface area (Å²) in [5, 5.41) is 8.56. The Morgan fingerprint density at radius 2 is 1.56 bits per heavy atom. The van der Waals surface area contributed by atoms with Crippen LogP contribution in [0.4, 0.5) is 0 Å². The van der Waals surface area contributed by atoms with E-state index in [1.807, 2.05) is 0 Å². The van der Waals surface area contributed by atoms with Gasteiger partial charge in [0.2, 0.25) is 5.91 Å². The molecule has 6 heteroatoms. The van der Waals surface area contributed by atoms with Gasteiger partial charge in [-0.05, 0) is 33.7 Å². The standard InChI is InChI=1S/C7H13NO2.C4H7NO.CH3Cl/c1-5(2)6(3-4-8)7(9)10;1-3(2)4(5)6;1-2/h3-4,8H2,1-2H3,(H,9,10);1H2,2H3,(H2,5,6);1H3. The van der Waals surface area contributed by atoms with Crippen LogP contribution in [0, 0.1) is 0 Å². The number of hydrogen-bond acceptors (Lipinski definition) is 3. The Hall–Kier alpha value is -1.33. The number of carboxylic acid groups (broad SMARTS) is 1. The molecule has 0 spiro atoms. The van der Waals surface area contributed by atoms with Crippen molar-refractivity contribution in [1.29, 1.82) is 0 Å². The quantitative estimate of drug-likeness (QED) is 0.537. The van der Waals surface area contributed by atoms with Crippen molar-refractivity contribution >= 4 is 23.5 Å². The van der Waals surface area contributed by atoms with Crippen molar-refractivity contribution < 1.29 is 14.7 Å². The number of hydrogen-bond donors (Lipinski definition) is 3. The molecule has 106 valence electrons. The van der Waals surface area contributed by atoms with Crippen molar-refractivity contribution in [2.24, 2.45) is 11.5 Å². The molecule has 0 rings (SSSR count). The van der Waals surface area contributed by atoms with Gasteiger partial charge in [-0.2, -0.15) is 0 Å². The minimum absolute atomic E-state index is 0.396. The maximum Gasteiger partial charge on any atom is 0.331 e. The van der Waals surface area contributed by atoms with Crippen LogP contribution in [0.25, 0.3) is 0 Å². The molecule has 1 amide bonds. The van der Waals surface area contributed by atoms with E-state index in [1.165, 1.54) is 6.38 Å². The Kier molecular flexibility index (Phi) is 16.7. The van der Waals surface area contributed by atoms with Gasteiger partial charge in [0, 0.05) is 17.5 Å². The molecule has 0 radical (unpaired) electrons. The van der Waals surface area contributed by atoms with E-state index in [-0.39, 0.29) is 0 Å². The van der Waals surface area contributed by atoms with Gasteiger partial charge in [0.05, 0.1) is 0 Å². The zero-order chi connectivity index (χ0) is 15.3. The Balaban J connectivity index is -0.000000241. The summed E-state index contributed by atoms with van der Waals surface area (Å²) >= 11 is 4.64. The number of allylic oxidation sites excluding steroid dienone is 1. The molecule has 0 aromatic carbocycles. The molecule has 0 aromatic heterocycles. The van der Waals surface area contributed by atoms with Gasteiger partial charge in [0.25, 0.3) is 0 Å². The van der Waals surface area contributed by atoms with Crippen LogP contribution < -0.4 is 11.5 Å². The first-order valence-electron chi connectivity index (χ1n) is 5.16.